The summed E-state index contributed by atoms with van der Waals surface area (Å²) in [6.07, 6.45) is 7.92. The van der Waals surface area contributed by atoms with Crippen LogP contribution in [0.25, 0.3) is 0 Å². The highest BCUT2D eigenvalue weighted by atomic mass is 32.2. The van der Waals surface area contributed by atoms with Gasteiger partial charge in [-0.05, 0) is 12.7 Å². The normalized spacial score (nSPS) is 19.4. The van der Waals surface area contributed by atoms with Crippen LogP contribution in [-0.4, -0.2) is 36.6 Å². The first-order chi connectivity index (χ1) is 6.70. The van der Waals surface area contributed by atoms with E-state index in [2.05, 4.69) is 18.5 Å². The molecule has 0 N–H and O–H groups in total. The van der Waals surface area contributed by atoms with Gasteiger partial charge >= 0.3 is 0 Å². The van der Waals surface area contributed by atoms with E-state index in [0.717, 1.165) is 24.8 Å². The number of thioether (sulfide) groups is 1. The molecule has 1 fully saturated rings. The molecule has 1 aliphatic rings. The van der Waals surface area contributed by atoms with Crippen molar-refractivity contribution in [3.05, 3.63) is 0 Å². The Labute approximate surface area is 94.3 Å². The Kier molecular flexibility index (Phi) is 9.31. The van der Waals surface area contributed by atoms with Gasteiger partial charge in [-0.3, -0.25) is 4.79 Å². The lowest BCUT2D eigenvalue weighted by atomic mass is 10.3. The van der Waals surface area contributed by atoms with E-state index in [-0.39, 0.29) is 10.6 Å². The van der Waals surface area contributed by atoms with E-state index < -0.39 is 0 Å². The fourth-order valence-corrected chi connectivity index (χ4v) is 0.810. The Morgan fingerprint density at radius 1 is 1.86 bits per heavy atom. The molecular formula is C9H14O3S2. The predicted molar refractivity (Wildman–Crippen MR) is 61.9 cm³/mol. The summed E-state index contributed by atoms with van der Waals surface area (Å²) in [5.41, 5.74) is 0. The van der Waals surface area contributed by atoms with Crippen molar-refractivity contribution in [3.63, 3.8) is 0 Å². The predicted octanol–water partition coefficient (Wildman–Crippen LogP) is 1.82. The summed E-state index contributed by atoms with van der Waals surface area (Å²) in [6, 6.07) is 0. The first kappa shape index (κ1) is 13.8. The number of carbonyl (C=O) groups is 1. The van der Waals surface area contributed by atoms with Crippen LogP contribution in [0, 0.1) is 12.3 Å². The zero-order valence-corrected chi connectivity index (χ0v) is 9.77. The maximum Gasteiger partial charge on any atom is 0.242 e. The molecule has 1 heterocycles. The topological polar surface area (TPSA) is 35.5 Å². The van der Waals surface area contributed by atoms with Gasteiger partial charge in [0.25, 0.3) is 0 Å². The van der Waals surface area contributed by atoms with Crippen molar-refractivity contribution >= 4 is 28.8 Å². The Balaban J connectivity index is 0.000000292. The summed E-state index contributed by atoms with van der Waals surface area (Å²) in [5.74, 6) is 2.42. The van der Waals surface area contributed by atoms with Crippen molar-refractivity contribution < 1.29 is 14.3 Å². The molecule has 3 nitrogen and oxygen atoms in total. The minimum absolute atomic E-state index is 0.134. The van der Waals surface area contributed by atoms with E-state index >= 15 is 0 Å². The van der Waals surface area contributed by atoms with Crippen LogP contribution in [0.5, 0.6) is 0 Å². The van der Waals surface area contributed by atoms with Crippen LogP contribution in [-0.2, 0) is 9.47 Å². The van der Waals surface area contributed by atoms with E-state index in [1.54, 1.807) is 6.26 Å². The van der Waals surface area contributed by atoms with Gasteiger partial charge in [0.2, 0.25) is 4.45 Å². The summed E-state index contributed by atoms with van der Waals surface area (Å²) in [5, 5.41) is 0. The quantitative estimate of drug-likeness (QED) is 0.584. The van der Waals surface area contributed by atoms with E-state index in [0.29, 0.717) is 13.2 Å². The van der Waals surface area contributed by atoms with Crippen molar-refractivity contribution in [2.75, 3.05) is 26.1 Å². The second kappa shape index (κ2) is 9.41. The SMILES string of the molecule is C#CCOC1CCOC1.CSC(=O)S. The molecule has 1 aliphatic heterocycles. The second-order valence-corrected chi connectivity index (χ2v) is 3.96. The minimum Gasteiger partial charge on any atom is -0.379 e. The fourth-order valence-electron chi connectivity index (χ4n) is 0.810. The average Bonchev–Trinajstić information content (AvgIpc) is 2.68. The van der Waals surface area contributed by atoms with Gasteiger partial charge in [0.05, 0.1) is 12.7 Å². The summed E-state index contributed by atoms with van der Waals surface area (Å²) in [6.45, 7) is 1.94. The summed E-state index contributed by atoms with van der Waals surface area (Å²) in [7, 11) is 0. The Morgan fingerprint density at radius 2 is 2.50 bits per heavy atom. The third-order valence-electron chi connectivity index (χ3n) is 1.46. The van der Waals surface area contributed by atoms with Gasteiger partial charge in [-0.15, -0.1) is 6.42 Å². The van der Waals surface area contributed by atoms with Gasteiger partial charge in [-0.25, -0.2) is 0 Å². The molecule has 1 unspecified atom stereocenters. The fraction of sp³-hybridized carbons (Fsp3) is 0.667. The molecular weight excluding hydrogens is 220 g/mol. The van der Waals surface area contributed by atoms with Crippen LogP contribution in [0.15, 0.2) is 0 Å². The van der Waals surface area contributed by atoms with Crippen LogP contribution >= 0.6 is 24.4 Å². The van der Waals surface area contributed by atoms with Crippen LogP contribution in [0.4, 0.5) is 4.79 Å². The van der Waals surface area contributed by atoms with Gasteiger partial charge in [0, 0.05) is 6.61 Å². The van der Waals surface area contributed by atoms with E-state index in [9.17, 15) is 4.79 Å². The first-order valence-electron chi connectivity index (χ1n) is 4.10. The number of terminal acetylenes is 1. The zero-order chi connectivity index (χ0) is 10.8. The molecule has 0 saturated carbocycles. The van der Waals surface area contributed by atoms with Crippen molar-refractivity contribution in [3.8, 4) is 12.3 Å². The smallest absolute Gasteiger partial charge is 0.242 e. The standard InChI is InChI=1S/C7H10O2.C2H4OS2/c1-2-4-9-7-3-5-8-6-7;1-5-2(3)4/h1,7H,3-6H2;1H3,(H,3,4). The largest absolute Gasteiger partial charge is 0.379 e. The lowest BCUT2D eigenvalue weighted by Crippen LogP contribution is -2.11. The van der Waals surface area contributed by atoms with Gasteiger partial charge < -0.3 is 9.47 Å². The molecule has 1 saturated heterocycles. The third-order valence-corrected chi connectivity index (χ3v) is 2.36. The number of hydrogen-bond acceptors (Lipinski definition) is 4. The maximum atomic E-state index is 9.64. The number of thiol groups is 1. The molecule has 0 bridgehead atoms. The van der Waals surface area contributed by atoms with Crippen LogP contribution in [0.1, 0.15) is 6.42 Å². The van der Waals surface area contributed by atoms with E-state index in [4.69, 9.17) is 15.9 Å². The molecule has 0 radical (unpaired) electrons. The van der Waals surface area contributed by atoms with E-state index in [1.165, 1.54) is 0 Å². The number of ether oxygens (including phenoxy) is 2. The van der Waals surface area contributed by atoms with Crippen LogP contribution in [0.3, 0.4) is 0 Å². The third kappa shape index (κ3) is 8.45. The zero-order valence-electron chi connectivity index (χ0n) is 8.06. The molecule has 14 heavy (non-hydrogen) atoms. The highest BCUT2D eigenvalue weighted by Crippen LogP contribution is 2.06. The lowest BCUT2D eigenvalue weighted by Gasteiger charge is -2.04. The number of carbonyl (C=O) groups excluding carboxylic acids is 1. The van der Waals surface area contributed by atoms with Gasteiger partial charge in [0.15, 0.2) is 0 Å². The molecule has 0 aromatic rings. The Bertz CT molecular complexity index is 195. The van der Waals surface area contributed by atoms with E-state index in [1.807, 2.05) is 0 Å². The highest BCUT2D eigenvalue weighted by Gasteiger charge is 2.14. The summed E-state index contributed by atoms with van der Waals surface area (Å²) >= 11 is 4.53. The van der Waals surface area contributed by atoms with Crippen molar-refractivity contribution in [1.29, 1.82) is 0 Å². The van der Waals surface area contributed by atoms with Gasteiger partial charge in [-0.2, -0.15) is 0 Å². The molecule has 0 aliphatic carbocycles. The number of hydrogen-bond donors (Lipinski definition) is 1. The molecule has 0 aromatic carbocycles. The molecule has 80 valence electrons. The summed E-state index contributed by atoms with van der Waals surface area (Å²) in [4.78, 5) is 9.64. The molecule has 1 rings (SSSR count). The second-order valence-electron chi connectivity index (χ2n) is 2.47. The Morgan fingerprint density at radius 3 is 2.86 bits per heavy atom. The molecule has 5 heteroatoms. The first-order valence-corrected chi connectivity index (χ1v) is 5.77. The van der Waals surface area contributed by atoms with Crippen LogP contribution < -0.4 is 0 Å². The van der Waals surface area contributed by atoms with Gasteiger partial charge in [0.1, 0.15) is 6.61 Å². The average molecular weight is 234 g/mol. The Hall–Kier alpha value is -0.150. The van der Waals surface area contributed by atoms with Crippen molar-refractivity contribution in [1.82, 2.24) is 0 Å². The number of rotatable bonds is 2. The van der Waals surface area contributed by atoms with Gasteiger partial charge in [-0.1, -0.05) is 30.3 Å². The monoisotopic (exact) mass is 234 g/mol. The minimum atomic E-state index is -0.134. The molecule has 0 spiro atoms. The van der Waals surface area contributed by atoms with Crippen molar-refractivity contribution in [2.45, 2.75) is 12.5 Å². The van der Waals surface area contributed by atoms with Crippen molar-refractivity contribution in [2.24, 2.45) is 0 Å². The molecule has 1 atom stereocenters. The highest BCUT2D eigenvalue weighted by molar-refractivity contribution is 8.31. The lowest BCUT2D eigenvalue weighted by molar-refractivity contribution is 0.0632. The molecule has 0 aromatic heterocycles. The summed E-state index contributed by atoms with van der Waals surface area (Å²) < 4.78 is 10.1. The molecule has 0 amide bonds. The van der Waals surface area contributed by atoms with Crippen LogP contribution in [0.2, 0.25) is 0 Å². The maximum absolute atomic E-state index is 9.64.